The summed E-state index contributed by atoms with van der Waals surface area (Å²) in [4.78, 5) is 2.65. The van der Waals surface area contributed by atoms with Crippen molar-refractivity contribution in [2.24, 2.45) is 5.92 Å². The van der Waals surface area contributed by atoms with E-state index in [1.54, 1.807) is 0 Å². The van der Waals surface area contributed by atoms with Crippen LogP contribution in [0, 0.1) is 5.92 Å². The van der Waals surface area contributed by atoms with Crippen LogP contribution in [0.15, 0.2) is 41.3 Å². The number of aryl methyl sites for hydroxylation is 2. The van der Waals surface area contributed by atoms with Crippen LogP contribution >= 0.6 is 0 Å². The van der Waals surface area contributed by atoms with Gasteiger partial charge in [-0.1, -0.05) is 19.1 Å². The minimum atomic E-state index is -3.71. The predicted molar refractivity (Wildman–Crippen MR) is 125 cm³/mol. The van der Waals surface area contributed by atoms with Crippen LogP contribution in [0.5, 0.6) is 5.75 Å². The van der Waals surface area contributed by atoms with Gasteiger partial charge in [0, 0.05) is 24.8 Å². The highest BCUT2D eigenvalue weighted by molar-refractivity contribution is 7.89. The van der Waals surface area contributed by atoms with Gasteiger partial charge in [-0.05, 0) is 92.3 Å². The molecular weight excluding hydrogens is 408 g/mol. The lowest BCUT2D eigenvalue weighted by molar-refractivity contribution is 0.400. The zero-order valence-corrected chi connectivity index (χ0v) is 19.7. The fourth-order valence-electron chi connectivity index (χ4n) is 4.71. The first-order valence-corrected chi connectivity index (χ1v) is 12.9. The molecule has 1 aliphatic carbocycles. The fourth-order valence-corrected chi connectivity index (χ4v) is 6.15. The summed E-state index contributed by atoms with van der Waals surface area (Å²) in [5.74, 6) is 1.22. The molecule has 31 heavy (non-hydrogen) atoms. The molecule has 4 rings (SSSR count). The third-order valence-electron chi connectivity index (χ3n) is 6.79. The van der Waals surface area contributed by atoms with Crippen LogP contribution in [0.4, 0.5) is 5.69 Å². The first kappa shape index (κ1) is 22.2. The summed E-state index contributed by atoms with van der Waals surface area (Å²) < 4.78 is 34.8. The second-order valence-corrected chi connectivity index (χ2v) is 10.8. The fraction of sp³-hybridized carbons (Fsp3) is 0.520. The van der Waals surface area contributed by atoms with Gasteiger partial charge >= 0.3 is 0 Å². The zero-order chi connectivity index (χ0) is 22.0. The maximum absolute atomic E-state index is 13.2. The minimum Gasteiger partial charge on any atom is -0.495 e. The van der Waals surface area contributed by atoms with E-state index < -0.39 is 10.0 Å². The number of nitrogens with zero attached hydrogens (tertiary/aromatic N) is 1. The number of nitrogens with one attached hydrogen (secondary N) is 1. The smallest absolute Gasteiger partial charge is 0.244 e. The van der Waals surface area contributed by atoms with E-state index in [-0.39, 0.29) is 10.9 Å². The van der Waals surface area contributed by atoms with Crippen molar-refractivity contribution in [2.45, 2.75) is 63.3 Å². The molecule has 0 unspecified atom stereocenters. The Hall–Kier alpha value is -2.05. The summed E-state index contributed by atoms with van der Waals surface area (Å²) >= 11 is 0. The molecule has 1 atom stereocenters. The van der Waals surface area contributed by atoms with Crippen LogP contribution in [0.1, 0.15) is 62.3 Å². The Labute approximate surface area is 186 Å². The summed E-state index contributed by atoms with van der Waals surface area (Å²) in [6.07, 6.45) is 6.60. The van der Waals surface area contributed by atoms with Crippen molar-refractivity contribution in [1.29, 1.82) is 0 Å². The van der Waals surface area contributed by atoms with Gasteiger partial charge in [0.2, 0.25) is 10.0 Å². The molecule has 1 N–H and O–H groups in total. The van der Waals surface area contributed by atoms with Crippen molar-refractivity contribution in [3.63, 3.8) is 0 Å². The lowest BCUT2D eigenvalue weighted by Crippen LogP contribution is -2.32. The maximum Gasteiger partial charge on any atom is 0.244 e. The lowest BCUT2D eigenvalue weighted by atomic mass is 9.92. The number of sulfonamides is 1. The highest BCUT2D eigenvalue weighted by Crippen LogP contribution is 2.33. The van der Waals surface area contributed by atoms with Gasteiger partial charge in [-0.2, -0.15) is 0 Å². The molecule has 5 nitrogen and oxygen atoms in total. The Morgan fingerprint density at radius 1 is 1.03 bits per heavy atom. The third kappa shape index (κ3) is 4.90. The second-order valence-electron chi connectivity index (χ2n) is 9.08. The van der Waals surface area contributed by atoms with Gasteiger partial charge in [-0.25, -0.2) is 13.1 Å². The molecule has 1 heterocycles. The number of anilines is 1. The molecule has 1 aliphatic heterocycles. The topological polar surface area (TPSA) is 58.6 Å². The van der Waals surface area contributed by atoms with Gasteiger partial charge in [0.15, 0.2) is 0 Å². The summed E-state index contributed by atoms with van der Waals surface area (Å²) in [5.41, 5.74) is 4.50. The average Bonchev–Trinajstić information content (AvgIpc) is 2.78. The summed E-state index contributed by atoms with van der Waals surface area (Å²) in [6, 6.07) is 11.7. The van der Waals surface area contributed by atoms with Gasteiger partial charge in [-0.15, -0.1) is 0 Å². The molecule has 0 saturated carbocycles. The molecule has 168 valence electrons. The van der Waals surface area contributed by atoms with Crippen LogP contribution in [0.2, 0.25) is 0 Å². The Kier molecular flexibility index (Phi) is 6.58. The van der Waals surface area contributed by atoms with Gasteiger partial charge in [-0.3, -0.25) is 0 Å². The quantitative estimate of drug-likeness (QED) is 0.695. The largest absolute Gasteiger partial charge is 0.495 e. The molecule has 0 spiro atoms. The minimum absolute atomic E-state index is 0.238. The van der Waals surface area contributed by atoms with Crippen molar-refractivity contribution in [3.8, 4) is 5.75 Å². The van der Waals surface area contributed by atoms with Crippen molar-refractivity contribution < 1.29 is 13.2 Å². The van der Waals surface area contributed by atoms with Crippen molar-refractivity contribution in [1.82, 2.24) is 4.72 Å². The third-order valence-corrected chi connectivity index (χ3v) is 8.35. The number of ether oxygens (including phenoxy) is 1. The first-order valence-electron chi connectivity index (χ1n) is 11.4. The second kappa shape index (κ2) is 9.21. The number of piperidine rings is 1. The van der Waals surface area contributed by atoms with Crippen molar-refractivity contribution in [2.75, 3.05) is 25.1 Å². The number of rotatable bonds is 6. The predicted octanol–water partition coefficient (Wildman–Crippen LogP) is 4.85. The highest BCUT2D eigenvalue weighted by Gasteiger charge is 2.25. The normalized spacial score (nSPS) is 18.5. The van der Waals surface area contributed by atoms with Crippen LogP contribution in [-0.4, -0.2) is 28.6 Å². The van der Waals surface area contributed by atoms with Crippen LogP contribution in [0.3, 0.4) is 0 Å². The van der Waals surface area contributed by atoms with Crippen molar-refractivity contribution >= 4 is 15.7 Å². The standard InChI is InChI=1S/C25H34N2O3S/c1-18-12-14-27(15-13-18)23-10-8-20(9-11-23)19(2)26-31(28,29)25-17-22-7-5-4-6-21(22)16-24(25)30-3/h8-11,16-19,26H,4-7,12-15H2,1-3H3/t19-/m0/s1. The van der Waals surface area contributed by atoms with Crippen LogP contribution in [-0.2, 0) is 22.9 Å². The van der Waals surface area contributed by atoms with Gasteiger partial charge in [0.1, 0.15) is 10.6 Å². The first-order chi connectivity index (χ1) is 14.9. The van der Waals surface area contributed by atoms with Crippen LogP contribution in [0.25, 0.3) is 0 Å². The average molecular weight is 443 g/mol. The molecule has 0 amide bonds. The van der Waals surface area contributed by atoms with E-state index in [0.717, 1.165) is 55.8 Å². The van der Waals surface area contributed by atoms with Gasteiger partial charge < -0.3 is 9.64 Å². The monoisotopic (exact) mass is 442 g/mol. The summed E-state index contributed by atoms with van der Waals surface area (Å²) in [7, 11) is -2.17. The molecule has 2 aliphatic rings. The van der Waals surface area contributed by atoms with E-state index in [2.05, 4.69) is 28.7 Å². The van der Waals surface area contributed by atoms with E-state index in [9.17, 15) is 8.42 Å². The van der Waals surface area contributed by atoms with Crippen LogP contribution < -0.4 is 14.4 Å². The molecule has 1 fully saturated rings. The van der Waals surface area contributed by atoms with E-state index in [1.807, 2.05) is 31.2 Å². The summed E-state index contributed by atoms with van der Waals surface area (Å²) in [5, 5.41) is 0. The molecule has 0 bridgehead atoms. The Balaban J connectivity index is 1.50. The molecular formula is C25H34N2O3S. The van der Waals surface area contributed by atoms with E-state index in [1.165, 1.54) is 31.2 Å². The summed E-state index contributed by atoms with van der Waals surface area (Å²) in [6.45, 7) is 6.37. The van der Waals surface area contributed by atoms with E-state index >= 15 is 0 Å². The lowest BCUT2D eigenvalue weighted by Gasteiger charge is -2.32. The Morgan fingerprint density at radius 3 is 2.26 bits per heavy atom. The number of fused-ring (bicyclic) bond motifs is 1. The Bertz CT molecular complexity index is 1010. The molecule has 0 aromatic heterocycles. The van der Waals surface area contributed by atoms with Gasteiger partial charge in [0.25, 0.3) is 0 Å². The van der Waals surface area contributed by atoms with E-state index in [4.69, 9.17) is 4.74 Å². The maximum atomic E-state index is 13.2. The van der Waals surface area contributed by atoms with Crippen molar-refractivity contribution in [3.05, 3.63) is 53.1 Å². The molecule has 2 aromatic carbocycles. The SMILES string of the molecule is COc1cc2c(cc1S(=O)(=O)N[C@@H](C)c1ccc(N3CCC(C)CC3)cc1)CCCC2. The number of benzene rings is 2. The highest BCUT2D eigenvalue weighted by atomic mass is 32.2. The number of methoxy groups -OCH3 is 1. The number of hydrogen-bond acceptors (Lipinski definition) is 4. The molecule has 6 heteroatoms. The Morgan fingerprint density at radius 2 is 1.65 bits per heavy atom. The molecule has 2 aromatic rings. The molecule has 1 saturated heterocycles. The van der Waals surface area contributed by atoms with E-state index in [0.29, 0.717) is 5.75 Å². The zero-order valence-electron chi connectivity index (χ0n) is 18.9. The molecule has 0 radical (unpaired) electrons. The number of hydrogen-bond donors (Lipinski definition) is 1. The van der Waals surface area contributed by atoms with Gasteiger partial charge in [0.05, 0.1) is 7.11 Å².